The fourth-order valence-electron chi connectivity index (χ4n) is 1.87. The van der Waals surface area contributed by atoms with Crippen molar-refractivity contribution < 1.29 is 4.79 Å². The van der Waals surface area contributed by atoms with Crippen LogP contribution in [0.25, 0.3) is 0 Å². The predicted octanol–water partition coefficient (Wildman–Crippen LogP) is 2.63. The normalized spacial score (nSPS) is 10.5. The fourth-order valence-corrected chi connectivity index (χ4v) is 2.48. The van der Waals surface area contributed by atoms with Crippen molar-refractivity contribution in [3.8, 4) is 0 Å². The van der Waals surface area contributed by atoms with Gasteiger partial charge in [0.05, 0.1) is 11.4 Å². The number of nitrogens with one attached hydrogen (secondary N) is 1. The van der Waals surface area contributed by atoms with Gasteiger partial charge in [-0.05, 0) is 37.6 Å². The van der Waals surface area contributed by atoms with Gasteiger partial charge in [-0.3, -0.25) is 9.48 Å². The molecule has 2 aromatic rings. The number of anilines is 2. The Morgan fingerprint density at radius 1 is 1.37 bits per heavy atom. The van der Waals surface area contributed by atoms with E-state index in [2.05, 4.69) is 26.3 Å². The Morgan fingerprint density at radius 3 is 2.58 bits per heavy atom. The number of halogens is 1. The summed E-state index contributed by atoms with van der Waals surface area (Å²) in [5.41, 5.74) is 8.65. The summed E-state index contributed by atoms with van der Waals surface area (Å²) in [7, 11) is 1.74. The first-order chi connectivity index (χ1) is 8.88. The molecule has 0 aliphatic heterocycles. The van der Waals surface area contributed by atoms with E-state index in [9.17, 15) is 4.79 Å². The summed E-state index contributed by atoms with van der Waals surface area (Å²) >= 11 is 3.38. The molecule has 1 amide bonds. The zero-order valence-electron chi connectivity index (χ0n) is 11.0. The van der Waals surface area contributed by atoms with Gasteiger partial charge >= 0.3 is 0 Å². The summed E-state index contributed by atoms with van der Waals surface area (Å²) in [5.74, 6) is 0.305. The van der Waals surface area contributed by atoms with Crippen molar-refractivity contribution in [2.45, 2.75) is 13.8 Å². The number of amides is 1. The lowest BCUT2D eigenvalue weighted by atomic mass is 10.1. The summed E-state index contributed by atoms with van der Waals surface area (Å²) in [6.07, 6.45) is 0. The molecule has 0 aliphatic carbocycles. The Labute approximate surface area is 119 Å². The molecule has 0 spiro atoms. The number of hydrogen-bond acceptors (Lipinski definition) is 3. The number of carbonyl (C=O) groups is 1. The molecule has 0 aliphatic rings. The van der Waals surface area contributed by atoms with Crippen LogP contribution in [0.2, 0.25) is 0 Å². The first-order valence-corrected chi connectivity index (χ1v) is 6.55. The van der Waals surface area contributed by atoms with E-state index in [4.69, 9.17) is 5.73 Å². The summed E-state index contributed by atoms with van der Waals surface area (Å²) in [4.78, 5) is 12.2. The lowest BCUT2D eigenvalue weighted by molar-refractivity contribution is 0.102. The second-order valence-electron chi connectivity index (χ2n) is 4.44. The van der Waals surface area contributed by atoms with Gasteiger partial charge in [0.2, 0.25) is 0 Å². The second-order valence-corrected chi connectivity index (χ2v) is 5.36. The Morgan fingerprint density at radius 2 is 2.05 bits per heavy atom. The van der Waals surface area contributed by atoms with E-state index >= 15 is 0 Å². The molecule has 3 N–H and O–H groups in total. The van der Waals surface area contributed by atoms with Gasteiger partial charge in [0, 0.05) is 17.1 Å². The van der Waals surface area contributed by atoms with Gasteiger partial charge < -0.3 is 11.1 Å². The van der Waals surface area contributed by atoms with Crippen LogP contribution in [0.15, 0.2) is 22.7 Å². The largest absolute Gasteiger partial charge is 0.394 e. The lowest BCUT2D eigenvalue weighted by Crippen LogP contribution is -2.15. The van der Waals surface area contributed by atoms with Crippen LogP contribution < -0.4 is 11.1 Å². The first kappa shape index (κ1) is 13.6. The first-order valence-electron chi connectivity index (χ1n) is 5.76. The van der Waals surface area contributed by atoms with Gasteiger partial charge in [-0.1, -0.05) is 15.9 Å². The topological polar surface area (TPSA) is 72.9 Å². The highest BCUT2D eigenvalue weighted by molar-refractivity contribution is 9.10. The van der Waals surface area contributed by atoms with Crippen LogP contribution in [0.5, 0.6) is 0 Å². The van der Waals surface area contributed by atoms with Gasteiger partial charge in [0.1, 0.15) is 0 Å². The van der Waals surface area contributed by atoms with Crippen LogP contribution in [0.4, 0.5) is 11.5 Å². The number of aryl methyl sites for hydroxylation is 3. The highest BCUT2D eigenvalue weighted by Gasteiger charge is 2.14. The second kappa shape index (κ2) is 5.05. The van der Waals surface area contributed by atoms with Crippen molar-refractivity contribution in [2.24, 2.45) is 7.05 Å². The Balaban J connectivity index is 2.30. The van der Waals surface area contributed by atoms with Gasteiger partial charge in [0.15, 0.2) is 5.82 Å². The lowest BCUT2D eigenvalue weighted by Gasteiger charge is -2.07. The molecule has 0 saturated carbocycles. The molecule has 0 fully saturated rings. The summed E-state index contributed by atoms with van der Waals surface area (Å²) in [6.45, 7) is 3.73. The van der Waals surface area contributed by atoms with E-state index in [0.29, 0.717) is 22.8 Å². The van der Waals surface area contributed by atoms with Crippen LogP contribution in [-0.2, 0) is 7.05 Å². The molecular formula is C13H15BrN4O. The summed E-state index contributed by atoms with van der Waals surface area (Å²) < 4.78 is 2.43. The quantitative estimate of drug-likeness (QED) is 0.892. The highest BCUT2D eigenvalue weighted by atomic mass is 79.9. The van der Waals surface area contributed by atoms with E-state index in [0.717, 1.165) is 10.0 Å². The zero-order valence-corrected chi connectivity index (χ0v) is 12.6. The fraction of sp³-hybridized carbons (Fsp3) is 0.231. The number of rotatable bonds is 2. The monoisotopic (exact) mass is 322 g/mol. The molecule has 1 aromatic heterocycles. The molecule has 2 rings (SSSR count). The van der Waals surface area contributed by atoms with E-state index in [-0.39, 0.29) is 5.91 Å². The number of nitrogens with two attached hydrogens (primary N) is 1. The van der Waals surface area contributed by atoms with Crippen LogP contribution in [0, 0.1) is 13.8 Å². The average molecular weight is 323 g/mol. The van der Waals surface area contributed by atoms with Crippen molar-refractivity contribution in [3.05, 3.63) is 39.5 Å². The van der Waals surface area contributed by atoms with E-state index in [1.54, 1.807) is 24.7 Å². The molecule has 6 heteroatoms. The smallest absolute Gasteiger partial charge is 0.256 e. The van der Waals surface area contributed by atoms with Gasteiger partial charge in [-0.15, -0.1) is 0 Å². The third-order valence-electron chi connectivity index (χ3n) is 2.80. The van der Waals surface area contributed by atoms with E-state index in [1.807, 2.05) is 19.1 Å². The number of aromatic nitrogens is 2. The average Bonchev–Trinajstić information content (AvgIpc) is 2.54. The standard InChI is InChI=1S/C13H15BrN4O/c1-7-4-9(6-10(14)5-7)13(19)16-12-11(15)8(2)17-18(12)3/h4-6H,15H2,1-3H3,(H,16,19). The molecular weight excluding hydrogens is 308 g/mol. The van der Waals surface area contributed by atoms with Crippen molar-refractivity contribution in [1.82, 2.24) is 9.78 Å². The molecule has 0 atom stereocenters. The van der Waals surface area contributed by atoms with Crippen molar-refractivity contribution >= 4 is 33.3 Å². The zero-order chi connectivity index (χ0) is 14.2. The minimum Gasteiger partial charge on any atom is -0.394 e. The molecule has 1 aromatic carbocycles. The summed E-state index contributed by atoms with van der Waals surface area (Å²) in [6, 6.07) is 5.53. The van der Waals surface area contributed by atoms with E-state index < -0.39 is 0 Å². The third kappa shape index (κ3) is 2.78. The Hall–Kier alpha value is -1.82. The minimum atomic E-state index is -0.209. The Kier molecular flexibility index (Phi) is 3.61. The molecule has 0 unspecified atom stereocenters. The number of carbonyl (C=O) groups excluding carboxylic acids is 1. The molecule has 0 saturated heterocycles. The van der Waals surface area contributed by atoms with E-state index in [1.165, 1.54) is 0 Å². The van der Waals surface area contributed by atoms with Gasteiger partial charge in [0.25, 0.3) is 5.91 Å². The van der Waals surface area contributed by atoms with Crippen LogP contribution in [0.1, 0.15) is 21.6 Å². The molecule has 19 heavy (non-hydrogen) atoms. The van der Waals surface area contributed by atoms with Gasteiger partial charge in [-0.25, -0.2) is 0 Å². The summed E-state index contributed by atoms with van der Waals surface area (Å²) in [5, 5.41) is 6.95. The molecule has 0 radical (unpaired) electrons. The van der Waals surface area contributed by atoms with Crippen molar-refractivity contribution in [3.63, 3.8) is 0 Å². The molecule has 1 heterocycles. The number of hydrogen-bond donors (Lipinski definition) is 2. The predicted molar refractivity (Wildman–Crippen MR) is 79.2 cm³/mol. The number of benzene rings is 1. The Bertz CT molecular complexity index is 628. The maximum absolute atomic E-state index is 12.2. The highest BCUT2D eigenvalue weighted by Crippen LogP contribution is 2.22. The van der Waals surface area contributed by atoms with Crippen LogP contribution in [0.3, 0.4) is 0 Å². The van der Waals surface area contributed by atoms with Gasteiger partial charge in [-0.2, -0.15) is 5.10 Å². The minimum absolute atomic E-state index is 0.209. The molecule has 100 valence electrons. The SMILES string of the molecule is Cc1cc(Br)cc(C(=O)Nc2c(N)c(C)nn2C)c1. The number of nitrogens with zero attached hydrogens (tertiary/aromatic N) is 2. The third-order valence-corrected chi connectivity index (χ3v) is 3.26. The maximum Gasteiger partial charge on any atom is 0.256 e. The van der Waals surface area contributed by atoms with Crippen LogP contribution >= 0.6 is 15.9 Å². The van der Waals surface area contributed by atoms with Crippen molar-refractivity contribution in [1.29, 1.82) is 0 Å². The molecule has 0 bridgehead atoms. The van der Waals surface area contributed by atoms with Crippen molar-refractivity contribution in [2.75, 3.05) is 11.1 Å². The maximum atomic E-state index is 12.2. The number of nitrogen functional groups attached to an aromatic ring is 1. The molecule has 5 nitrogen and oxygen atoms in total. The van der Waals surface area contributed by atoms with Crippen LogP contribution in [-0.4, -0.2) is 15.7 Å².